The molecule has 1 rings (SSSR count). The van der Waals surface area contributed by atoms with Crippen LogP contribution in [0.5, 0.6) is 0 Å². The van der Waals surface area contributed by atoms with Crippen molar-refractivity contribution in [3.8, 4) is 0 Å². The van der Waals surface area contributed by atoms with Crippen LogP contribution in [0, 0.1) is 11.8 Å². The van der Waals surface area contributed by atoms with Gasteiger partial charge in [0.05, 0.1) is 0 Å². The van der Waals surface area contributed by atoms with Crippen LogP contribution in [0.4, 0.5) is 0 Å². The summed E-state index contributed by atoms with van der Waals surface area (Å²) in [4.78, 5) is 11.1. The van der Waals surface area contributed by atoms with E-state index in [-0.39, 0.29) is 0 Å². The van der Waals surface area contributed by atoms with E-state index in [0.717, 1.165) is 13.0 Å². The Morgan fingerprint density at radius 3 is 2.82 bits per heavy atom. The third-order valence-electron chi connectivity index (χ3n) is 2.65. The molecule has 2 heteroatoms. The molecule has 1 saturated carbocycles. The highest BCUT2D eigenvalue weighted by atomic mass is 16.1. The topological polar surface area (TPSA) is 29.1 Å². The van der Waals surface area contributed by atoms with E-state index in [2.05, 4.69) is 5.32 Å². The van der Waals surface area contributed by atoms with Crippen molar-refractivity contribution in [1.82, 2.24) is 5.32 Å². The van der Waals surface area contributed by atoms with Gasteiger partial charge in [-0.05, 0) is 39.3 Å². The normalized spacial score (nSPS) is 30.7. The third-order valence-corrected chi connectivity index (χ3v) is 2.65. The summed E-state index contributed by atoms with van der Waals surface area (Å²) in [6.45, 7) is 2.73. The highest BCUT2D eigenvalue weighted by Crippen LogP contribution is 2.31. The predicted molar refractivity (Wildman–Crippen MR) is 45.4 cm³/mol. The van der Waals surface area contributed by atoms with Gasteiger partial charge in [0.1, 0.15) is 5.78 Å². The lowest BCUT2D eigenvalue weighted by molar-refractivity contribution is -0.121. The molecule has 0 aliphatic heterocycles. The Bertz CT molecular complexity index is 144. The first-order valence-electron chi connectivity index (χ1n) is 4.40. The molecule has 1 fully saturated rings. The standard InChI is InChI=1S/C9H17NO/c1-7(11)9-5-3-4-8(9)6-10-2/h8-10H,3-6H2,1-2H3. The molecule has 0 amide bonds. The molecular formula is C9H17NO. The Labute approximate surface area is 68.4 Å². The van der Waals surface area contributed by atoms with Gasteiger partial charge in [0.25, 0.3) is 0 Å². The first-order chi connectivity index (χ1) is 5.25. The van der Waals surface area contributed by atoms with Crippen LogP contribution in [0.1, 0.15) is 26.2 Å². The van der Waals surface area contributed by atoms with Crippen molar-refractivity contribution in [1.29, 1.82) is 0 Å². The van der Waals surface area contributed by atoms with Crippen LogP contribution in [0.15, 0.2) is 0 Å². The van der Waals surface area contributed by atoms with Crippen molar-refractivity contribution < 1.29 is 4.79 Å². The minimum atomic E-state index is 0.349. The summed E-state index contributed by atoms with van der Waals surface area (Å²) in [5.74, 6) is 1.34. The molecule has 0 spiro atoms. The Balaban J connectivity index is 2.44. The molecule has 64 valence electrons. The summed E-state index contributed by atoms with van der Waals surface area (Å²) < 4.78 is 0. The van der Waals surface area contributed by atoms with Gasteiger partial charge in [0.2, 0.25) is 0 Å². The van der Waals surface area contributed by atoms with Gasteiger partial charge >= 0.3 is 0 Å². The van der Waals surface area contributed by atoms with Crippen molar-refractivity contribution >= 4 is 5.78 Å². The van der Waals surface area contributed by atoms with Gasteiger partial charge in [-0.25, -0.2) is 0 Å². The summed E-state index contributed by atoms with van der Waals surface area (Å²) in [6.07, 6.45) is 3.57. The lowest BCUT2D eigenvalue weighted by Crippen LogP contribution is -2.25. The van der Waals surface area contributed by atoms with Crippen LogP contribution in [0.25, 0.3) is 0 Å². The molecule has 0 heterocycles. The number of carbonyl (C=O) groups is 1. The number of hydrogen-bond acceptors (Lipinski definition) is 2. The second kappa shape index (κ2) is 3.86. The van der Waals surface area contributed by atoms with Crippen molar-refractivity contribution in [2.75, 3.05) is 13.6 Å². The molecule has 0 bridgehead atoms. The fourth-order valence-corrected chi connectivity index (χ4v) is 2.08. The van der Waals surface area contributed by atoms with Crippen molar-refractivity contribution in [2.45, 2.75) is 26.2 Å². The summed E-state index contributed by atoms with van der Waals surface area (Å²) in [5.41, 5.74) is 0. The van der Waals surface area contributed by atoms with Gasteiger partial charge < -0.3 is 5.32 Å². The van der Waals surface area contributed by atoms with Crippen LogP contribution in [0.2, 0.25) is 0 Å². The van der Waals surface area contributed by atoms with Crippen molar-refractivity contribution in [3.63, 3.8) is 0 Å². The molecule has 0 aromatic heterocycles. The van der Waals surface area contributed by atoms with Gasteiger partial charge in [-0.2, -0.15) is 0 Å². The van der Waals surface area contributed by atoms with Gasteiger partial charge in [-0.3, -0.25) is 4.79 Å². The molecule has 1 N–H and O–H groups in total. The molecule has 0 aromatic rings. The SMILES string of the molecule is CNCC1CCCC1C(C)=O. The van der Waals surface area contributed by atoms with Gasteiger partial charge in [-0.15, -0.1) is 0 Å². The smallest absolute Gasteiger partial charge is 0.133 e. The quantitative estimate of drug-likeness (QED) is 0.663. The largest absolute Gasteiger partial charge is 0.319 e. The molecule has 0 radical (unpaired) electrons. The molecular weight excluding hydrogens is 138 g/mol. The maximum Gasteiger partial charge on any atom is 0.133 e. The lowest BCUT2D eigenvalue weighted by atomic mass is 9.93. The molecule has 2 nitrogen and oxygen atoms in total. The third kappa shape index (κ3) is 2.03. The minimum Gasteiger partial charge on any atom is -0.319 e. The lowest BCUT2D eigenvalue weighted by Gasteiger charge is -2.15. The molecule has 11 heavy (non-hydrogen) atoms. The van der Waals surface area contributed by atoms with E-state index in [1.54, 1.807) is 6.92 Å². The number of carbonyl (C=O) groups excluding carboxylic acids is 1. The maximum absolute atomic E-state index is 11.1. The minimum absolute atomic E-state index is 0.349. The van der Waals surface area contributed by atoms with E-state index in [0.29, 0.717) is 17.6 Å². The predicted octanol–water partition coefficient (Wildman–Crippen LogP) is 1.21. The van der Waals surface area contributed by atoms with Gasteiger partial charge in [-0.1, -0.05) is 6.42 Å². The van der Waals surface area contributed by atoms with Gasteiger partial charge in [0, 0.05) is 5.92 Å². The van der Waals surface area contributed by atoms with Crippen LogP contribution >= 0.6 is 0 Å². The zero-order valence-electron chi connectivity index (χ0n) is 7.39. The molecule has 0 aromatic carbocycles. The molecule has 2 unspecified atom stereocenters. The fourth-order valence-electron chi connectivity index (χ4n) is 2.08. The number of rotatable bonds is 3. The first kappa shape index (κ1) is 8.72. The van der Waals surface area contributed by atoms with E-state index in [4.69, 9.17) is 0 Å². The van der Waals surface area contributed by atoms with E-state index in [9.17, 15) is 4.79 Å². The Kier molecular flexibility index (Phi) is 3.06. The van der Waals surface area contributed by atoms with Crippen molar-refractivity contribution in [2.24, 2.45) is 11.8 Å². The highest BCUT2D eigenvalue weighted by molar-refractivity contribution is 5.78. The maximum atomic E-state index is 11.1. The Hall–Kier alpha value is -0.370. The van der Waals surface area contributed by atoms with Crippen LogP contribution in [-0.4, -0.2) is 19.4 Å². The zero-order chi connectivity index (χ0) is 8.27. The van der Waals surface area contributed by atoms with E-state index in [1.807, 2.05) is 7.05 Å². The van der Waals surface area contributed by atoms with E-state index in [1.165, 1.54) is 12.8 Å². The monoisotopic (exact) mass is 155 g/mol. The summed E-state index contributed by atoms with van der Waals surface area (Å²) in [5, 5.41) is 3.14. The van der Waals surface area contributed by atoms with Gasteiger partial charge in [0.15, 0.2) is 0 Å². The fraction of sp³-hybridized carbons (Fsp3) is 0.889. The number of Topliss-reactive ketones (excluding diaryl/α,β-unsaturated/α-hetero) is 1. The Morgan fingerprint density at radius 2 is 2.27 bits per heavy atom. The van der Waals surface area contributed by atoms with Crippen LogP contribution in [-0.2, 0) is 4.79 Å². The second-order valence-corrected chi connectivity index (χ2v) is 3.47. The first-order valence-corrected chi connectivity index (χ1v) is 4.40. The summed E-state index contributed by atoms with van der Waals surface area (Å²) in [6, 6.07) is 0. The number of ketones is 1. The van der Waals surface area contributed by atoms with Crippen LogP contribution in [0.3, 0.4) is 0 Å². The number of nitrogens with one attached hydrogen (secondary N) is 1. The average Bonchev–Trinajstić information content (AvgIpc) is 2.36. The second-order valence-electron chi connectivity index (χ2n) is 3.47. The average molecular weight is 155 g/mol. The Morgan fingerprint density at radius 1 is 1.55 bits per heavy atom. The van der Waals surface area contributed by atoms with Crippen molar-refractivity contribution in [3.05, 3.63) is 0 Å². The summed E-state index contributed by atoms with van der Waals surface area (Å²) in [7, 11) is 1.95. The molecule has 0 saturated heterocycles. The zero-order valence-corrected chi connectivity index (χ0v) is 7.39. The molecule has 1 aliphatic carbocycles. The highest BCUT2D eigenvalue weighted by Gasteiger charge is 2.29. The van der Waals surface area contributed by atoms with Crippen LogP contribution < -0.4 is 5.32 Å². The summed E-state index contributed by atoms with van der Waals surface area (Å²) >= 11 is 0. The van der Waals surface area contributed by atoms with E-state index < -0.39 is 0 Å². The molecule has 1 aliphatic rings. The number of hydrogen-bond donors (Lipinski definition) is 1. The van der Waals surface area contributed by atoms with E-state index >= 15 is 0 Å². The molecule has 2 atom stereocenters.